The van der Waals surface area contributed by atoms with Crippen molar-refractivity contribution in [2.24, 2.45) is 0 Å². The van der Waals surface area contributed by atoms with Gasteiger partial charge in [-0.2, -0.15) is 0 Å². The van der Waals surface area contributed by atoms with E-state index in [-0.39, 0.29) is 11.5 Å². The molecule has 10 heteroatoms. The number of rotatable bonds is 7. The van der Waals surface area contributed by atoms with Crippen molar-refractivity contribution in [3.05, 3.63) is 76.9 Å². The average Bonchev–Trinajstić information content (AvgIpc) is 3.35. The number of halogens is 1. The van der Waals surface area contributed by atoms with Crippen LogP contribution >= 0.6 is 11.6 Å². The summed E-state index contributed by atoms with van der Waals surface area (Å²) in [4.78, 5) is 44.0. The summed E-state index contributed by atoms with van der Waals surface area (Å²) < 4.78 is 0. The molecule has 1 aliphatic heterocycles. The quantitative estimate of drug-likeness (QED) is 0.445. The first-order valence-electron chi connectivity index (χ1n) is 11.1. The van der Waals surface area contributed by atoms with Crippen LogP contribution in [0.1, 0.15) is 33.6 Å². The van der Waals surface area contributed by atoms with E-state index in [1.807, 2.05) is 0 Å². The van der Waals surface area contributed by atoms with Crippen LogP contribution in [0.5, 0.6) is 0 Å². The number of benzene rings is 2. The van der Waals surface area contributed by atoms with Crippen LogP contribution in [0.2, 0.25) is 5.02 Å². The van der Waals surface area contributed by atoms with Gasteiger partial charge in [-0.1, -0.05) is 29.2 Å². The number of hydrogen-bond donors (Lipinski definition) is 3. The summed E-state index contributed by atoms with van der Waals surface area (Å²) in [5.41, 5.74) is 1.81. The number of nitrogens with zero attached hydrogens (tertiary/aromatic N) is 2. The minimum absolute atomic E-state index is 0.0863. The molecule has 2 heterocycles. The summed E-state index contributed by atoms with van der Waals surface area (Å²) in [6.45, 7) is 2.23. The molecule has 1 saturated heterocycles. The van der Waals surface area contributed by atoms with E-state index in [1.165, 1.54) is 12.3 Å². The first-order valence-corrected chi connectivity index (χ1v) is 11.5. The molecular weight excluding hydrogens is 465 g/mol. The van der Waals surface area contributed by atoms with Gasteiger partial charge >= 0.3 is 0 Å². The summed E-state index contributed by atoms with van der Waals surface area (Å²) in [7, 11) is 5.86. The van der Waals surface area contributed by atoms with E-state index >= 15 is 0 Å². The number of carbonyl (C=O) groups is 3. The fourth-order valence-corrected chi connectivity index (χ4v) is 3.85. The Bertz CT molecular complexity index is 1230. The van der Waals surface area contributed by atoms with E-state index in [0.717, 1.165) is 25.9 Å². The summed E-state index contributed by atoms with van der Waals surface area (Å²) in [5.74, 6) is -0.680. The molecule has 0 aliphatic carbocycles. The number of likely N-dealkylation sites (tertiary alicyclic amines) is 1. The number of anilines is 3. The van der Waals surface area contributed by atoms with Crippen LogP contribution in [0, 0.1) is 0 Å². The molecule has 2 radical (unpaired) electrons. The van der Waals surface area contributed by atoms with E-state index in [9.17, 15) is 14.4 Å². The number of pyridine rings is 1. The molecule has 3 amide bonds. The maximum absolute atomic E-state index is 12.8. The number of hydrogen-bond acceptors (Lipinski definition) is 5. The van der Waals surface area contributed by atoms with Gasteiger partial charge in [0.25, 0.3) is 11.8 Å². The highest BCUT2D eigenvalue weighted by molar-refractivity contribution is 6.33. The van der Waals surface area contributed by atoms with Crippen LogP contribution in [0.3, 0.4) is 0 Å². The van der Waals surface area contributed by atoms with Gasteiger partial charge in [-0.15, -0.1) is 0 Å². The number of amides is 3. The van der Waals surface area contributed by atoms with Crippen molar-refractivity contribution in [3.8, 4) is 0 Å². The first kappa shape index (κ1) is 24.4. The second-order valence-electron chi connectivity index (χ2n) is 8.18. The maximum atomic E-state index is 12.8. The Labute approximate surface area is 209 Å². The molecule has 0 saturated carbocycles. The lowest BCUT2D eigenvalue weighted by Gasteiger charge is -2.14. The zero-order valence-corrected chi connectivity index (χ0v) is 19.6. The Morgan fingerprint density at radius 3 is 2.34 bits per heavy atom. The minimum Gasteiger partial charge on any atom is -0.325 e. The second-order valence-corrected chi connectivity index (χ2v) is 8.62. The SMILES string of the molecule is [B]c1ccc(NC(=O)c2ccc(NC(=O)CN3CCCC3)cc2)c(C(=O)Nc2ccc(Cl)cn2)c1. The van der Waals surface area contributed by atoms with E-state index in [1.54, 1.807) is 48.5 Å². The highest BCUT2D eigenvalue weighted by Crippen LogP contribution is 2.19. The summed E-state index contributed by atoms with van der Waals surface area (Å²) in [6.07, 6.45) is 3.65. The lowest BCUT2D eigenvalue weighted by atomic mass is 9.93. The fourth-order valence-electron chi connectivity index (χ4n) is 3.74. The van der Waals surface area contributed by atoms with Gasteiger partial charge in [-0.3, -0.25) is 19.3 Å². The Hall–Kier alpha value is -3.69. The van der Waals surface area contributed by atoms with Gasteiger partial charge in [0, 0.05) is 17.4 Å². The molecule has 0 atom stereocenters. The van der Waals surface area contributed by atoms with Crippen LogP contribution in [0.25, 0.3) is 0 Å². The van der Waals surface area contributed by atoms with Gasteiger partial charge in [0.1, 0.15) is 13.7 Å². The molecule has 3 aromatic rings. The van der Waals surface area contributed by atoms with Gasteiger partial charge in [0.05, 0.1) is 22.8 Å². The number of aromatic nitrogens is 1. The van der Waals surface area contributed by atoms with Crippen molar-refractivity contribution < 1.29 is 14.4 Å². The van der Waals surface area contributed by atoms with E-state index < -0.39 is 11.8 Å². The normalized spacial score (nSPS) is 13.3. The van der Waals surface area contributed by atoms with Gasteiger partial charge in [-0.25, -0.2) is 4.98 Å². The topological polar surface area (TPSA) is 103 Å². The summed E-state index contributed by atoms with van der Waals surface area (Å²) in [5, 5.41) is 8.70. The lowest BCUT2D eigenvalue weighted by molar-refractivity contribution is -0.117. The lowest BCUT2D eigenvalue weighted by Crippen LogP contribution is -2.30. The zero-order valence-electron chi connectivity index (χ0n) is 18.9. The Balaban J connectivity index is 1.41. The van der Waals surface area contributed by atoms with E-state index in [0.29, 0.717) is 39.8 Å². The molecule has 4 rings (SSSR count). The number of carbonyl (C=O) groups excluding carboxylic acids is 3. The van der Waals surface area contributed by atoms with Gasteiger partial charge in [0.2, 0.25) is 5.91 Å². The van der Waals surface area contributed by atoms with Crippen molar-refractivity contribution in [1.82, 2.24) is 9.88 Å². The monoisotopic (exact) mass is 487 g/mol. The van der Waals surface area contributed by atoms with Gasteiger partial charge < -0.3 is 16.0 Å². The largest absolute Gasteiger partial charge is 0.325 e. The molecule has 8 nitrogen and oxygen atoms in total. The van der Waals surface area contributed by atoms with Crippen molar-refractivity contribution in [1.29, 1.82) is 0 Å². The fraction of sp³-hybridized carbons (Fsp3) is 0.200. The second kappa shape index (κ2) is 11.2. The predicted octanol–water partition coefficient (Wildman–Crippen LogP) is 3.07. The van der Waals surface area contributed by atoms with Crippen LogP contribution in [0.4, 0.5) is 17.2 Å². The third kappa shape index (κ3) is 6.68. The highest BCUT2D eigenvalue weighted by atomic mass is 35.5. The smallest absolute Gasteiger partial charge is 0.258 e. The Morgan fingerprint density at radius 1 is 0.914 bits per heavy atom. The molecule has 176 valence electrons. The Kier molecular flexibility index (Phi) is 7.79. The zero-order chi connectivity index (χ0) is 24.8. The standard InChI is InChI=1S/C25H23BClN5O3/c26-17-5-9-21(20(13-17)25(35)31-22-10-6-18(27)14-28-22)30-24(34)16-3-7-19(8-4-16)29-23(33)15-32-11-1-2-12-32/h3-10,13-14H,1-2,11-12,15H2,(H,29,33)(H,30,34)(H,28,31,35). The molecule has 0 bridgehead atoms. The van der Waals surface area contributed by atoms with Crippen molar-refractivity contribution in [3.63, 3.8) is 0 Å². The van der Waals surface area contributed by atoms with Crippen LogP contribution in [-0.4, -0.2) is 55.1 Å². The average molecular weight is 488 g/mol. The number of nitrogens with one attached hydrogen (secondary N) is 3. The molecular formula is C25H23BClN5O3. The highest BCUT2D eigenvalue weighted by Gasteiger charge is 2.17. The van der Waals surface area contributed by atoms with Crippen LogP contribution in [0.15, 0.2) is 60.8 Å². The molecule has 1 aliphatic rings. The van der Waals surface area contributed by atoms with Crippen molar-refractivity contribution in [2.45, 2.75) is 12.8 Å². The van der Waals surface area contributed by atoms with Crippen LogP contribution < -0.4 is 21.4 Å². The van der Waals surface area contributed by atoms with Crippen LogP contribution in [-0.2, 0) is 4.79 Å². The molecule has 1 aromatic heterocycles. The molecule has 2 aromatic carbocycles. The van der Waals surface area contributed by atoms with Crippen molar-refractivity contribution in [2.75, 3.05) is 35.6 Å². The first-order chi connectivity index (χ1) is 16.9. The van der Waals surface area contributed by atoms with E-state index in [2.05, 4.69) is 25.8 Å². The summed E-state index contributed by atoms with van der Waals surface area (Å²) in [6, 6.07) is 14.3. The molecule has 0 spiro atoms. The van der Waals surface area contributed by atoms with Gasteiger partial charge in [-0.05, 0) is 68.4 Å². The van der Waals surface area contributed by atoms with Crippen molar-refractivity contribution >= 4 is 59.8 Å². The van der Waals surface area contributed by atoms with Gasteiger partial charge in [0.15, 0.2) is 0 Å². The minimum atomic E-state index is -0.488. The Morgan fingerprint density at radius 2 is 1.66 bits per heavy atom. The molecule has 35 heavy (non-hydrogen) atoms. The maximum Gasteiger partial charge on any atom is 0.258 e. The summed E-state index contributed by atoms with van der Waals surface area (Å²) >= 11 is 5.83. The molecule has 1 fully saturated rings. The predicted molar refractivity (Wildman–Crippen MR) is 138 cm³/mol. The third-order valence-corrected chi connectivity index (χ3v) is 5.73. The van der Waals surface area contributed by atoms with E-state index in [4.69, 9.17) is 19.4 Å². The third-order valence-electron chi connectivity index (χ3n) is 5.50. The molecule has 3 N–H and O–H groups in total. The molecule has 0 unspecified atom stereocenters.